The molecule has 2 aromatic carbocycles. The minimum atomic E-state index is 0.0245. The summed E-state index contributed by atoms with van der Waals surface area (Å²) in [6.07, 6.45) is 0. The van der Waals surface area contributed by atoms with E-state index in [0.717, 1.165) is 42.3 Å². The highest BCUT2D eigenvalue weighted by Gasteiger charge is 2.17. The fourth-order valence-corrected chi connectivity index (χ4v) is 3.71. The first-order valence-corrected chi connectivity index (χ1v) is 8.86. The highest BCUT2D eigenvalue weighted by atomic mass is 32.2. The molecule has 3 nitrogen and oxygen atoms in total. The predicted octanol–water partition coefficient (Wildman–Crippen LogP) is 3.34. The molecule has 3 rings (SSSR count). The Bertz CT molecular complexity index is 728. The lowest BCUT2D eigenvalue weighted by atomic mass is 9.97. The van der Waals surface area contributed by atoms with Gasteiger partial charge >= 0.3 is 0 Å². The molecule has 0 aliphatic carbocycles. The first-order chi connectivity index (χ1) is 11.3. The van der Waals surface area contributed by atoms with Crippen molar-refractivity contribution in [2.24, 2.45) is 0 Å². The van der Waals surface area contributed by atoms with Gasteiger partial charge in [-0.25, -0.2) is 0 Å². The number of nitriles is 1. The van der Waals surface area contributed by atoms with Gasteiger partial charge in [-0.3, -0.25) is 9.69 Å². The van der Waals surface area contributed by atoms with Crippen LogP contribution in [0.4, 0.5) is 0 Å². The summed E-state index contributed by atoms with van der Waals surface area (Å²) in [7, 11) is 0. The maximum Gasteiger partial charge on any atom is 0.193 e. The molecule has 0 aromatic heterocycles. The third-order valence-electron chi connectivity index (χ3n) is 4.04. The fourth-order valence-electron chi connectivity index (χ4n) is 2.73. The molecule has 1 fully saturated rings. The van der Waals surface area contributed by atoms with Crippen molar-refractivity contribution in [1.82, 2.24) is 4.90 Å². The molecule has 1 aliphatic heterocycles. The third kappa shape index (κ3) is 3.82. The Morgan fingerprint density at radius 3 is 2.48 bits per heavy atom. The topological polar surface area (TPSA) is 44.1 Å². The molecule has 1 heterocycles. The summed E-state index contributed by atoms with van der Waals surface area (Å²) >= 11 is 1.99. The maximum atomic E-state index is 12.8. The molecule has 0 radical (unpaired) electrons. The van der Waals surface area contributed by atoms with Gasteiger partial charge in [0.15, 0.2) is 5.78 Å². The van der Waals surface area contributed by atoms with Crippen LogP contribution in [0.5, 0.6) is 0 Å². The molecular weight excluding hydrogens is 304 g/mol. The van der Waals surface area contributed by atoms with Crippen LogP contribution in [0.1, 0.15) is 27.0 Å². The largest absolute Gasteiger partial charge is 0.297 e. The molecule has 23 heavy (non-hydrogen) atoms. The number of nitrogens with zero attached hydrogens (tertiary/aromatic N) is 2. The van der Waals surface area contributed by atoms with Crippen molar-refractivity contribution in [2.75, 3.05) is 24.6 Å². The number of ketones is 1. The zero-order chi connectivity index (χ0) is 16.1. The van der Waals surface area contributed by atoms with Crippen molar-refractivity contribution >= 4 is 17.5 Å². The lowest BCUT2D eigenvalue weighted by Gasteiger charge is -2.26. The van der Waals surface area contributed by atoms with E-state index in [1.54, 1.807) is 24.3 Å². The fraction of sp³-hybridized carbons (Fsp3) is 0.263. The first-order valence-electron chi connectivity index (χ1n) is 7.71. The molecule has 0 N–H and O–H groups in total. The molecule has 116 valence electrons. The number of hydrogen-bond acceptors (Lipinski definition) is 4. The second-order valence-electron chi connectivity index (χ2n) is 5.56. The monoisotopic (exact) mass is 322 g/mol. The van der Waals surface area contributed by atoms with E-state index in [2.05, 4.69) is 11.0 Å². The van der Waals surface area contributed by atoms with E-state index >= 15 is 0 Å². The van der Waals surface area contributed by atoms with Crippen LogP contribution in [0, 0.1) is 11.3 Å². The Hall–Kier alpha value is -2.09. The van der Waals surface area contributed by atoms with E-state index in [1.807, 2.05) is 36.0 Å². The number of benzene rings is 2. The quantitative estimate of drug-likeness (QED) is 0.810. The van der Waals surface area contributed by atoms with Crippen LogP contribution < -0.4 is 0 Å². The number of carbonyl (C=O) groups is 1. The normalized spacial score (nSPS) is 15.1. The Labute approximate surface area is 140 Å². The zero-order valence-electron chi connectivity index (χ0n) is 12.9. The summed E-state index contributed by atoms with van der Waals surface area (Å²) in [6, 6.07) is 16.8. The van der Waals surface area contributed by atoms with Gasteiger partial charge in [0.1, 0.15) is 0 Å². The summed E-state index contributed by atoms with van der Waals surface area (Å²) in [4.78, 5) is 15.2. The van der Waals surface area contributed by atoms with Crippen LogP contribution in [-0.4, -0.2) is 35.3 Å². The summed E-state index contributed by atoms with van der Waals surface area (Å²) in [5, 5.41) is 8.87. The number of thioether (sulfide) groups is 1. The number of rotatable bonds is 4. The van der Waals surface area contributed by atoms with E-state index in [9.17, 15) is 4.79 Å². The van der Waals surface area contributed by atoms with Gasteiger partial charge in [0, 0.05) is 42.3 Å². The van der Waals surface area contributed by atoms with Crippen LogP contribution in [-0.2, 0) is 6.54 Å². The average Bonchev–Trinajstić information content (AvgIpc) is 2.62. The molecular formula is C19H18N2OS. The molecule has 4 heteroatoms. The highest BCUT2D eigenvalue weighted by Crippen LogP contribution is 2.19. The van der Waals surface area contributed by atoms with Crippen LogP contribution in [0.2, 0.25) is 0 Å². The standard InChI is InChI=1S/C19H18N2OS/c20-13-15-5-7-16(8-6-15)19(22)18-4-2-1-3-17(18)14-21-9-11-23-12-10-21/h1-8H,9-12,14H2. The first kappa shape index (κ1) is 15.8. The van der Waals surface area contributed by atoms with Crippen molar-refractivity contribution in [3.05, 3.63) is 70.8 Å². The van der Waals surface area contributed by atoms with Crippen molar-refractivity contribution < 1.29 is 4.79 Å². The van der Waals surface area contributed by atoms with Crippen molar-refractivity contribution in [3.8, 4) is 6.07 Å². The third-order valence-corrected chi connectivity index (χ3v) is 4.98. The summed E-state index contributed by atoms with van der Waals surface area (Å²) in [5.41, 5.74) is 3.04. The van der Waals surface area contributed by atoms with E-state index in [-0.39, 0.29) is 5.78 Å². The highest BCUT2D eigenvalue weighted by molar-refractivity contribution is 7.99. The second kappa shape index (κ2) is 7.45. The minimum absolute atomic E-state index is 0.0245. The number of carbonyl (C=O) groups excluding carboxylic acids is 1. The van der Waals surface area contributed by atoms with Crippen molar-refractivity contribution in [3.63, 3.8) is 0 Å². The van der Waals surface area contributed by atoms with Gasteiger partial charge in [0.2, 0.25) is 0 Å². The minimum Gasteiger partial charge on any atom is -0.297 e. The lowest BCUT2D eigenvalue weighted by molar-refractivity contribution is 0.103. The van der Waals surface area contributed by atoms with Gasteiger partial charge in [-0.05, 0) is 29.8 Å². The van der Waals surface area contributed by atoms with Crippen molar-refractivity contribution in [1.29, 1.82) is 5.26 Å². The van der Waals surface area contributed by atoms with Gasteiger partial charge in [-0.2, -0.15) is 17.0 Å². The van der Waals surface area contributed by atoms with E-state index < -0.39 is 0 Å². The van der Waals surface area contributed by atoms with Gasteiger partial charge in [0.05, 0.1) is 11.6 Å². The van der Waals surface area contributed by atoms with Crippen LogP contribution in [0.25, 0.3) is 0 Å². The van der Waals surface area contributed by atoms with E-state index in [0.29, 0.717) is 11.1 Å². The Kier molecular flexibility index (Phi) is 5.12. The summed E-state index contributed by atoms with van der Waals surface area (Å²) in [6.45, 7) is 2.97. The SMILES string of the molecule is N#Cc1ccc(C(=O)c2ccccc2CN2CCSCC2)cc1. The lowest BCUT2D eigenvalue weighted by Crippen LogP contribution is -2.32. The van der Waals surface area contributed by atoms with Crippen LogP contribution in [0.15, 0.2) is 48.5 Å². The van der Waals surface area contributed by atoms with E-state index in [1.165, 1.54) is 0 Å². The average molecular weight is 322 g/mol. The number of hydrogen-bond donors (Lipinski definition) is 0. The second-order valence-corrected chi connectivity index (χ2v) is 6.79. The summed E-state index contributed by atoms with van der Waals surface area (Å²) in [5.74, 6) is 2.34. The molecule has 0 unspecified atom stereocenters. The molecule has 0 amide bonds. The Balaban J connectivity index is 1.83. The Morgan fingerprint density at radius 2 is 1.78 bits per heavy atom. The maximum absolute atomic E-state index is 12.8. The molecule has 0 bridgehead atoms. The predicted molar refractivity (Wildman–Crippen MR) is 93.6 cm³/mol. The Morgan fingerprint density at radius 1 is 1.09 bits per heavy atom. The molecule has 1 aliphatic rings. The smallest absolute Gasteiger partial charge is 0.193 e. The molecule has 0 saturated carbocycles. The van der Waals surface area contributed by atoms with Crippen LogP contribution >= 0.6 is 11.8 Å². The van der Waals surface area contributed by atoms with Crippen LogP contribution in [0.3, 0.4) is 0 Å². The molecule has 2 aromatic rings. The van der Waals surface area contributed by atoms with Gasteiger partial charge in [-0.15, -0.1) is 0 Å². The molecule has 0 atom stereocenters. The van der Waals surface area contributed by atoms with Gasteiger partial charge < -0.3 is 0 Å². The summed E-state index contributed by atoms with van der Waals surface area (Å²) < 4.78 is 0. The van der Waals surface area contributed by atoms with Gasteiger partial charge in [0.25, 0.3) is 0 Å². The van der Waals surface area contributed by atoms with Crippen molar-refractivity contribution in [2.45, 2.75) is 6.54 Å². The van der Waals surface area contributed by atoms with Gasteiger partial charge in [-0.1, -0.05) is 24.3 Å². The zero-order valence-corrected chi connectivity index (χ0v) is 13.7. The van der Waals surface area contributed by atoms with E-state index in [4.69, 9.17) is 5.26 Å². The molecule has 1 saturated heterocycles. The molecule has 0 spiro atoms.